The van der Waals surface area contributed by atoms with Crippen LogP contribution >= 0.6 is 23.2 Å². The quantitative estimate of drug-likeness (QED) is 0.210. The first kappa shape index (κ1) is 25.0. The number of halogens is 2. The number of nitrogens with one attached hydrogen (secondary N) is 2. The zero-order valence-electron chi connectivity index (χ0n) is 22.4. The highest BCUT2D eigenvalue weighted by Gasteiger charge is 2.24. The molecule has 0 amide bonds. The van der Waals surface area contributed by atoms with Crippen LogP contribution in [0.2, 0.25) is 10.0 Å². The maximum absolute atomic E-state index is 6.45. The number of aromatic nitrogens is 5. The lowest BCUT2D eigenvalue weighted by molar-refractivity contribution is 0.585. The van der Waals surface area contributed by atoms with E-state index in [0.717, 1.165) is 60.5 Å². The average Bonchev–Trinajstić information content (AvgIpc) is 3.80. The van der Waals surface area contributed by atoms with E-state index in [0.29, 0.717) is 21.8 Å². The van der Waals surface area contributed by atoms with Gasteiger partial charge in [-0.05, 0) is 71.3 Å². The molecule has 0 bridgehead atoms. The third kappa shape index (κ3) is 4.03. The molecule has 204 valence electrons. The molecule has 4 aromatic heterocycles. The van der Waals surface area contributed by atoms with Crippen molar-refractivity contribution in [3.05, 3.63) is 130 Å². The molecule has 4 aromatic carbocycles. The maximum Gasteiger partial charge on any atom is 0.250 e. The first-order chi connectivity index (χ1) is 20.5. The van der Waals surface area contributed by atoms with Crippen molar-refractivity contribution >= 4 is 55.9 Å². The Morgan fingerprint density at radius 1 is 0.714 bits per heavy atom. The number of aryl methyl sites for hydroxylation is 1. The van der Waals surface area contributed by atoms with E-state index < -0.39 is 0 Å². The number of rotatable bonds is 5. The highest BCUT2D eigenvalue weighted by molar-refractivity contribution is 6.31. The Morgan fingerprint density at radius 3 is 2.00 bits per heavy atom. The van der Waals surface area contributed by atoms with Crippen molar-refractivity contribution < 1.29 is 4.42 Å². The van der Waals surface area contributed by atoms with Gasteiger partial charge in [-0.25, -0.2) is 0 Å². The first-order valence-electron chi connectivity index (χ1n) is 13.5. The van der Waals surface area contributed by atoms with E-state index >= 15 is 0 Å². The average molecular weight is 588 g/mol. The van der Waals surface area contributed by atoms with Crippen LogP contribution in [0.5, 0.6) is 0 Å². The van der Waals surface area contributed by atoms with Gasteiger partial charge in [-0.2, -0.15) is 0 Å². The lowest BCUT2D eigenvalue weighted by Crippen LogP contribution is -2.02. The summed E-state index contributed by atoms with van der Waals surface area (Å²) < 4.78 is 8.26. The van der Waals surface area contributed by atoms with Gasteiger partial charge in [-0.15, -0.1) is 10.2 Å². The Hall–Kier alpha value is -4.78. The predicted molar refractivity (Wildman–Crippen MR) is 169 cm³/mol. The van der Waals surface area contributed by atoms with Crippen molar-refractivity contribution in [3.63, 3.8) is 0 Å². The minimum Gasteiger partial charge on any atom is -0.416 e. The second kappa shape index (κ2) is 9.65. The van der Waals surface area contributed by atoms with Crippen molar-refractivity contribution in [2.45, 2.75) is 5.92 Å². The fourth-order valence-electron chi connectivity index (χ4n) is 6.01. The molecule has 0 saturated heterocycles. The second-order valence-electron chi connectivity index (χ2n) is 10.5. The van der Waals surface area contributed by atoms with Crippen LogP contribution in [0.4, 0.5) is 0 Å². The molecule has 2 N–H and O–H groups in total. The largest absolute Gasteiger partial charge is 0.416 e. The number of para-hydroxylation sites is 1. The summed E-state index contributed by atoms with van der Waals surface area (Å²) in [7, 11) is 2.02. The third-order valence-corrected chi connectivity index (χ3v) is 8.49. The van der Waals surface area contributed by atoms with Crippen LogP contribution in [-0.4, -0.2) is 24.7 Å². The van der Waals surface area contributed by atoms with Crippen molar-refractivity contribution in [1.82, 2.24) is 24.7 Å². The zero-order valence-corrected chi connectivity index (χ0v) is 23.9. The van der Waals surface area contributed by atoms with E-state index in [4.69, 9.17) is 27.6 Å². The Labute approximate surface area is 250 Å². The molecule has 42 heavy (non-hydrogen) atoms. The first-order valence-corrected chi connectivity index (χ1v) is 14.3. The number of nitrogens with zero attached hydrogens (tertiary/aromatic N) is 3. The number of hydrogen-bond donors (Lipinski definition) is 2. The molecule has 8 aromatic rings. The molecule has 0 unspecified atom stereocenters. The fourth-order valence-corrected chi connectivity index (χ4v) is 6.36. The fraction of sp³-hybridized carbons (Fsp3) is 0.0588. The number of benzene rings is 4. The van der Waals surface area contributed by atoms with Crippen LogP contribution in [-0.2, 0) is 7.05 Å². The Bertz CT molecular complexity index is 2170. The van der Waals surface area contributed by atoms with Gasteiger partial charge in [-0.1, -0.05) is 53.5 Å². The Kier molecular flexibility index (Phi) is 5.74. The van der Waals surface area contributed by atoms with Gasteiger partial charge >= 0.3 is 0 Å². The van der Waals surface area contributed by atoms with Crippen LogP contribution in [0.15, 0.2) is 108 Å². The van der Waals surface area contributed by atoms with Crippen molar-refractivity contribution in [1.29, 1.82) is 0 Å². The molecule has 0 saturated carbocycles. The van der Waals surface area contributed by atoms with Gasteiger partial charge in [0, 0.05) is 79.9 Å². The minimum atomic E-state index is -0.0904. The lowest BCUT2D eigenvalue weighted by atomic mass is 9.84. The number of hydrogen-bond acceptors (Lipinski definition) is 3. The van der Waals surface area contributed by atoms with Crippen LogP contribution in [0.3, 0.4) is 0 Å². The molecule has 0 fully saturated rings. The molecule has 4 heterocycles. The van der Waals surface area contributed by atoms with E-state index in [1.807, 2.05) is 73.9 Å². The number of fused-ring (bicyclic) bond motifs is 3. The molecule has 0 aliphatic carbocycles. The molecular weight excluding hydrogens is 565 g/mol. The van der Waals surface area contributed by atoms with E-state index in [1.165, 1.54) is 0 Å². The molecule has 0 atom stereocenters. The summed E-state index contributed by atoms with van der Waals surface area (Å²) in [6.07, 6.45) is 6.16. The summed E-state index contributed by atoms with van der Waals surface area (Å²) in [6, 6.07) is 28.3. The molecule has 8 heteroatoms. The van der Waals surface area contributed by atoms with Crippen molar-refractivity contribution in [2.24, 2.45) is 7.05 Å². The van der Waals surface area contributed by atoms with Crippen LogP contribution in [0, 0.1) is 0 Å². The summed E-state index contributed by atoms with van der Waals surface area (Å²) >= 11 is 12.9. The van der Waals surface area contributed by atoms with Crippen LogP contribution in [0.25, 0.3) is 55.6 Å². The van der Waals surface area contributed by atoms with E-state index in [1.54, 1.807) is 0 Å². The Balaban J connectivity index is 1.22. The van der Waals surface area contributed by atoms with Crippen LogP contribution in [0.1, 0.15) is 22.6 Å². The topological polar surface area (TPSA) is 75.4 Å². The van der Waals surface area contributed by atoms with Gasteiger partial charge in [0.05, 0.1) is 5.56 Å². The van der Waals surface area contributed by atoms with Gasteiger partial charge in [0.25, 0.3) is 0 Å². The normalized spacial score (nSPS) is 11.9. The minimum absolute atomic E-state index is 0.0904. The second-order valence-corrected chi connectivity index (χ2v) is 11.4. The molecule has 6 nitrogen and oxygen atoms in total. The molecule has 0 aliphatic rings. The number of H-pyrrole nitrogens is 2. The van der Waals surface area contributed by atoms with Crippen LogP contribution < -0.4 is 0 Å². The number of aromatic amines is 2. The smallest absolute Gasteiger partial charge is 0.250 e. The van der Waals surface area contributed by atoms with Gasteiger partial charge in [-0.3, -0.25) is 0 Å². The maximum atomic E-state index is 6.45. The zero-order chi connectivity index (χ0) is 28.4. The van der Waals surface area contributed by atoms with Crippen molar-refractivity contribution in [2.75, 3.05) is 0 Å². The van der Waals surface area contributed by atoms with Gasteiger partial charge < -0.3 is 19.0 Å². The molecule has 0 aliphatic heterocycles. The lowest BCUT2D eigenvalue weighted by Gasteiger charge is -2.18. The summed E-state index contributed by atoms with van der Waals surface area (Å²) in [6.45, 7) is 0. The van der Waals surface area contributed by atoms with Gasteiger partial charge in [0.15, 0.2) is 0 Å². The Morgan fingerprint density at radius 2 is 1.33 bits per heavy atom. The monoisotopic (exact) mass is 587 g/mol. The van der Waals surface area contributed by atoms with E-state index in [-0.39, 0.29) is 5.92 Å². The molecular formula is C34H23Cl2N5O. The summed E-state index contributed by atoms with van der Waals surface area (Å²) in [5, 5.41) is 13.4. The summed E-state index contributed by atoms with van der Waals surface area (Å²) in [5.74, 6) is 0.876. The van der Waals surface area contributed by atoms with Crippen molar-refractivity contribution in [3.8, 4) is 22.9 Å². The van der Waals surface area contributed by atoms with E-state index in [2.05, 4.69) is 61.4 Å². The standard InChI is InChI=1S/C34H23Cl2N5O/c1-41-18-28(23-4-2-3-5-31(23)41)34-40-39-33(42-34)20-8-6-19(7-9-20)32(26-16-37-29-12-10-21(35)14-24(26)29)27-17-38-30-13-11-22(36)15-25(27)30/h2-18,32,37-38H,1H3. The summed E-state index contributed by atoms with van der Waals surface area (Å²) in [5.41, 5.74) is 8.28. The predicted octanol–water partition coefficient (Wildman–Crippen LogP) is 9.34. The van der Waals surface area contributed by atoms with Gasteiger partial charge in [0.1, 0.15) is 0 Å². The SMILES string of the molecule is Cn1cc(-c2nnc(-c3ccc(C(c4c[nH]c5ccc(Cl)cc45)c4c[nH]c5ccc(Cl)cc45)cc3)o2)c2ccccc21. The molecule has 0 spiro atoms. The highest BCUT2D eigenvalue weighted by atomic mass is 35.5. The summed E-state index contributed by atoms with van der Waals surface area (Å²) in [4.78, 5) is 6.85. The molecule has 8 rings (SSSR count). The third-order valence-electron chi connectivity index (χ3n) is 8.02. The van der Waals surface area contributed by atoms with E-state index in [9.17, 15) is 0 Å². The highest BCUT2D eigenvalue weighted by Crippen LogP contribution is 2.41. The van der Waals surface area contributed by atoms with Gasteiger partial charge in [0.2, 0.25) is 11.8 Å². The molecule has 0 radical (unpaired) electrons.